The predicted molar refractivity (Wildman–Crippen MR) is 51.6 cm³/mol. The number of hydrogen-bond acceptors (Lipinski definition) is 4. The van der Waals surface area contributed by atoms with Gasteiger partial charge in [0.15, 0.2) is 0 Å². The van der Waals surface area contributed by atoms with Crippen LogP contribution in [0.1, 0.15) is 27.2 Å². The minimum absolute atomic E-state index is 0.0302. The van der Waals surface area contributed by atoms with Crippen molar-refractivity contribution in [2.75, 3.05) is 6.61 Å². The second kappa shape index (κ2) is 5.28. The smallest absolute Gasteiger partial charge is 0.430 e. The highest BCUT2D eigenvalue weighted by Gasteiger charge is 2.17. The van der Waals surface area contributed by atoms with Crippen molar-refractivity contribution in [2.24, 2.45) is 0 Å². The highest BCUT2D eigenvalue weighted by Crippen LogP contribution is 2.08. The molecule has 0 bridgehead atoms. The number of rotatable bonds is 3. The van der Waals surface area contributed by atoms with E-state index in [1.54, 1.807) is 20.8 Å². The van der Waals surface area contributed by atoms with E-state index >= 15 is 0 Å². The fourth-order valence-electron chi connectivity index (χ4n) is 0.603. The van der Waals surface area contributed by atoms with Gasteiger partial charge in [-0.05, 0) is 26.3 Å². The van der Waals surface area contributed by atoms with E-state index in [9.17, 15) is 4.79 Å². The van der Waals surface area contributed by atoms with Crippen LogP contribution in [0.3, 0.4) is 0 Å². The van der Waals surface area contributed by atoms with Crippen LogP contribution < -0.4 is 0 Å². The third kappa shape index (κ3) is 7.17. The molecule has 0 aliphatic heterocycles. The van der Waals surface area contributed by atoms with Crippen molar-refractivity contribution < 1.29 is 14.3 Å². The van der Waals surface area contributed by atoms with Crippen molar-refractivity contribution >= 4 is 6.16 Å². The van der Waals surface area contributed by atoms with Gasteiger partial charge in [0.1, 0.15) is 12.2 Å². The Kier molecular flexibility index (Phi) is 4.71. The number of ether oxygens (including phenoxy) is 2. The van der Waals surface area contributed by atoms with Crippen molar-refractivity contribution in [1.29, 1.82) is 5.26 Å². The summed E-state index contributed by atoms with van der Waals surface area (Å²) in [5, 5.41) is 8.31. The second-order valence-electron chi connectivity index (χ2n) is 3.84. The van der Waals surface area contributed by atoms with E-state index in [0.717, 1.165) is 0 Å². The van der Waals surface area contributed by atoms with Gasteiger partial charge in [-0.25, -0.2) is 4.79 Å². The lowest BCUT2D eigenvalue weighted by molar-refractivity contribution is -0.00350. The molecule has 0 aromatic carbocycles. The van der Waals surface area contributed by atoms with E-state index in [0.29, 0.717) is 5.57 Å². The lowest BCUT2D eigenvalue weighted by Gasteiger charge is -2.18. The van der Waals surface area contributed by atoms with Crippen molar-refractivity contribution in [1.82, 2.24) is 0 Å². The summed E-state index contributed by atoms with van der Waals surface area (Å²) < 4.78 is 9.60. The zero-order valence-corrected chi connectivity index (χ0v) is 8.79. The van der Waals surface area contributed by atoms with Gasteiger partial charge in [-0.1, -0.05) is 6.58 Å². The van der Waals surface area contributed by atoms with Crippen molar-refractivity contribution in [3.63, 3.8) is 0 Å². The molecular formula is C10H15NO3. The molecule has 0 fully saturated rings. The van der Waals surface area contributed by atoms with E-state index in [1.807, 2.05) is 6.07 Å². The van der Waals surface area contributed by atoms with Crippen LogP contribution in [0.5, 0.6) is 0 Å². The number of nitrogens with zero attached hydrogens (tertiary/aromatic N) is 1. The van der Waals surface area contributed by atoms with Gasteiger partial charge in [0.05, 0.1) is 12.5 Å². The predicted octanol–water partition coefficient (Wildman–Crippen LogP) is 2.41. The largest absolute Gasteiger partial charge is 0.509 e. The highest BCUT2D eigenvalue weighted by atomic mass is 16.7. The van der Waals surface area contributed by atoms with Gasteiger partial charge < -0.3 is 9.47 Å². The van der Waals surface area contributed by atoms with Gasteiger partial charge in [0.2, 0.25) is 0 Å². The summed E-state index contributed by atoms with van der Waals surface area (Å²) in [6, 6.07) is 1.91. The quantitative estimate of drug-likeness (QED) is 0.515. The molecule has 0 atom stereocenters. The molecule has 0 unspecified atom stereocenters. The Labute approximate surface area is 84.1 Å². The Balaban J connectivity index is 3.76. The first-order valence-electron chi connectivity index (χ1n) is 4.24. The van der Waals surface area contributed by atoms with Gasteiger partial charge in [-0.2, -0.15) is 5.26 Å². The van der Waals surface area contributed by atoms with E-state index < -0.39 is 11.8 Å². The zero-order chi connectivity index (χ0) is 11.2. The molecule has 0 aliphatic carbocycles. The number of nitriles is 1. The van der Waals surface area contributed by atoms with Gasteiger partial charge in [-0.15, -0.1) is 0 Å². The Morgan fingerprint density at radius 1 is 1.50 bits per heavy atom. The van der Waals surface area contributed by atoms with E-state index in [2.05, 4.69) is 6.58 Å². The minimum atomic E-state index is -0.739. The summed E-state index contributed by atoms with van der Waals surface area (Å²) in [5.41, 5.74) is -0.00782. The van der Waals surface area contributed by atoms with Crippen LogP contribution in [0.4, 0.5) is 4.79 Å². The summed E-state index contributed by atoms with van der Waals surface area (Å²) in [6.07, 6.45) is -0.556. The monoisotopic (exact) mass is 197 g/mol. The fourth-order valence-corrected chi connectivity index (χ4v) is 0.603. The van der Waals surface area contributed by atoms with Crippen molar-refractivity contribution in [2.45, 2.75) is 32.8 Å². The Morgan fingerprint density at radius 2 is 2.07 bits per heavy atom. The third-order valence-electron chi connectivity index (χ3n) is 1.11. The molecule has 78 valence electrons. The third-order valence-corrected chi connectivity index (χ3v) is 1.11. The molecule has 0 aliphatic rings. The maximum atomic E-state index is 11.0. The topological polar surface area (TPSA) is 59.3 Å². The first kappa shape index (κ1) is 12.5. The number of carbonyl (C=O) groups excluding carboxylic acids is 1. The summed E-state index contributed by atoms with van der Waals surface area (Å²) in [4.78, 5) is 11.0. The van der Waals surface area contributed by atoms with Crippen LogP contribution in [0.25, 0.3) is 0 Å². The molecule has 0 saturated heterocycles. The lowest BCUT2D eigenvalue weighted by atomic mass is 10.2. The SMILES string of the molecule is C=C(CC#N)COC(=O)OC(C)(C)C. The lowest BCUT2D eigenvalue weighted by Crippen LogP contribution is -2.24. The Hall–Kier alpha value is -1.50. The van der Waals surface area contributed by atoms with Crippen LogP contribution >= 0.6 is 0 Å². The van der Waals surface area contributed by atoms with E-state index in [-0.39, 0.29) is 13.0 Å². The molecule has 4 heteroatoms. The van der Waals surface area contributed by atoms with E-state index in [4.69, 9.17) is 14.7 Å². The van der Waals surface area contributed by atoms with Gasteiger partial charge in [0.25, 0.3) is 0 Å². The normalized spacial score (nSPS) is 10.1. The Bertz CT molecular complexity index is 258. The second-order valence-corrected chi connectivity index (χ2v) is 3.84. The number of carbonyl (C=O) groups is 1. The molecule has 0 rings (SSSR count). The maximum Gasteiger partial charge on any atom is 0.509 e. The molecule has 0 aromatic rings. The molecule has 0 N–H and O–H groups in total. The summed E-state index contributed by atoms with van der Waals surface area (Å²) in [6.45, 7) is 8.83. The minimum Gasteiger partial charge on any atom is -0.430 e. The summed E-state index contributed by atoms with van der Waals surface area (Å²) >= 11 is 0. The molecule has 0 radical (unpaired) electrons. The zero-order valence-electron chi connectivity index (χ0n) is 8.79. The van der Waals surface area contributed by atoms with E-state index in [1.165, 1.54) is 0 Å². The van der Waals surface area contributed by atoms with Crippen LogP contribution in [-0.4, -0.2) is 18.4 Å². The van der Waals surface area contributed by atoms with Crippen LogP contribution in [0, 0.1) is 11.3 Å². The molecule has 4 nitrogen and oxygen atoms in total. The average molecular weight is 197 g/mol. The van der Waals surface area contributed by atoms with Gasteiger partial charge >= 0.3 is 6.16 Å². The molecule has 0 spiro atoms. The molecule has 0 heterocycles. The average Bonchev–Trinajstić information content (AvgIpc) is 1.98. The van der Waals surface area contributed by atoms with Crippen LogP contribution in [-0.2, 0) is 9.47 Å². The molecule has 0 amide bonds. The molecule has 0 saturated carbocycles. The van der Waals surface area contributed by atoms with Crippen LogP contribution in [0.15, 0.2) is 12.2 Å². The fraction of sp³-hybridized carbons (Fsp3) is 0.600. The van der Waals surface area contributed by atoms with Gasteiger partial charge in [0, 0.05) is 0 Å². The molecular weight excluding hydrogens is 182 g/mol. The molecule has 14 heavy (non-hydrogen) atoms. The standard InChI is InChI=1S/C10H15NO3/c1-8(5-6-11)7-13-9(12)14-10(2,3)4/h1,5,7H2,2-4H3. The number of hydrogen-bond donors (Lipinski definition) is 0. The Morgan fingerprint density at radius 3 is 2.50 bits per heavy atom. The van der Waals surface area contributed by atoms with Crippen molar-refractivity contribution in [3.05, 3.63) is 12.2 Å². The van der Waals surface area contributed by atoms with Crippen molar-refractivity contribution in [3.8, 4) is 6.07 Å². The maximum absolute atomic E-state index is 11.0. The van der Waals surface area contributed by atoms with Gasteiger partial charge in [-0.3, -0.25) is 0 Å². The highest BCUT2D eigenvalue weighted by molar-refractivity contribution is 5.60. The summed E-state index contributed by atoms with van der Waals surface area (Å²) in [7, 11) is 0. The van der Waals surface area contributed by atoms with Crippen LogP contribution in [0.2, 0.25) is 0 Å². The molecule has 0 aromatic heterocycles. The first-order chi connectivity index (χ1) is 6.35. The summed E-state index contributed by atoms with van der Waals surface area (Å²) in [5.74, 6) is 0. The first-order valence-corrected chi connectivity index (χ1v) is 4.24.